The Bertz CT molecular complexity index is 250. The molecule has 2 N–H and O–H groups in total. The Morgan fingerprint density at radius 3 is 2.31 bits per heavy atom. The number of rotatable bonds is 6. The third-order valence-electron chi connectivity index (χ3n) is 1.47. The summed E-state index contributed by atoms with van der Waals surface area (Å²) in [7, 11) is -0.0930. The molecule has 0 spiro atoms. The van der Waals surface area contributed by atoms with Gasteiger partial charge in [0.2, 0.25) is 5.91 Å². The summed E-state index contributed by atoms with van der Waals surface area (Å²) < 4.78 is 10.3. The number of esters is 1. The zero-order valence-corrected chi connectivity index (χ0v) is 11.2. The number of amides is 1. The van der Waals surface area contributed by atoms with Crippen LogP contribution < -0.4 is 5.73 Å². The van der Waals surface area contributed by atoms with Crippen LogP contribution in [0.5, 0.6) is 0 Å². The van der Waals surface area contributed by atoms with E-state index >= 15 is 0 Å². The molecule has 1 amide bonds. The van der Waals surface area contributed by atoms with E-state index in [-0.39, 0.29) is 15.2 Å². The van der Waals surface area contributed by atoms with Crippen LogP contribution in [0.4, 0.5) is 0 Å². The van der Waals surface area contributed by atoms with Gasteiger partial charge in [-0.1, -0.05) is 0 Å². The van der Waals surface area contributed by atoms with Crippen LogP contribution in [0.3, 0.4) is 0 Å². The minimum atomic E-state index is -0.586. The number of carbonyl (C=O) groups excluding carboxylic acids is 2. The first-order chi connectivity index (χ1) is 7.26. The fourth-order valence-electron chi connectivity index (χ4n) is 0.931. The van der Waals surface area contributed by atoms with E-state index < -0.39 is 23.1 Å². The van der Waals surface area contributed by atoms with Gasteiger partial charge in [0.25, 0.3) is 0 Å². The Kier molecular flexibility index (Phi) is 6.53. The van der Waals surface area contributed by atoms with Crippen molar-refractivity contribution in [2.45, 2.75) is 45.4 Å². The predicted molar refractivity (Wildman–Crippen MR) is 63.4 cm³/mol. The summed E-state index contributed by atoms with van der Waals surface area (Å²) in [5.74, 6) is -0.957. The van der Waals surface area contributed by atoms with Crippen molar-refractivity contribution >= 4 is 20.7 Å². The smallest absolute Gasteiger partial charge is 0.316 e. The summed E-state index contributed by atoms with van der Waals surface area (Å²) in [6.07, 6.45) is -0.0344. The Labute approximate surface area is 97.9 Å². The van der Waals surface area contributed by atoms with Crippen LogP contribution in [-0.4, -0.2) is 29.7 Å². The normalized spacial score (nSPS) is 14.0. The predicted octanol–water partition coefficient (Wildman–Crippen LogP) is 1.20. The van der Waals surface area contributed by atoms with Crippen molar-refractivity contribution in [1.29, 1.82) is 0 Å². The topological polar surface area (TPSA) is 78.6 Å². The first-order valence-electron chi connectivity index (χ1n) is 5.14. The van der Waals surface area contributed by atoms with E-state index in [2.05, 4.69) is 0 Å². The van der Waals surface area contributed by atoms with Crippen LogP contribution in [-0.2, 0) is 18.8 Å². The molecule has 0 bridgehead atoms. The largest absolute Gasteiger partial charge is 0.459 e. The average molecular weight is 249 g/mol. The number of hydrogen-bond donors (Lipinski definition) is 1. The van der Waals surface area contributed by atoms with Gasteiger partial charge in [0, 0.05) is 21.8 Å². The molecular weight excluding hydrogens is 229 g/mol. The summed E-state index contributed by atoms with van der Waals surface area (Å²) in [6, 6.07) is 0. The monoisotopic (exact) mass is 249 g/mol. The second-order valence-electron chi connectivity index (χ2n) is 4.31. The van der Waals surface area contributed by atoms with Gasteiger partial charge in [-0.05, 0) is 27.7 Å². The van der Waals surface area contributed by atoms with Gasteiger partial charge in [0.1, 0.15) is 11.3 Å². The minimum Gasteiger partial charge on any atom is -0.459 e. The number of nitrogens with two attached hydrogens (primary N) is 1. The maximum atomic E-state index is 11.7. The molecule has 0 aromatic carbocycles. The fourth-order valence-corrected chi connectivity index (χ4v) is 1.74. The molecule has 2 atom stereocenters. The molecule has 0 aliphatic heterocycles. The molecule has 94 valence electrons. The van der Waals surface area contributed by atoms with Crippen LogP contribution in [0, 0.1) is 0 Å². The summed E-state index contributed by atoms with van der Waals surface area (Å²) in [4.78, 5) is 22.5. The molecule has 0 rings (SSSR count). The van der Waals surface area contributed by atoms with Gasteiger partial charge in [-0.2, -0.15) is 0 Å². The van der Waals surface area contributed by atoms with E-state index in [1.54, 1.807) is 20.8 Å². The first-order valence-corrected chi connectivity index (χ1v) is 6.13. The van der Waals surface area contributed by atoms with Crippen molar-refractivity contribution in [3.05, 3.63) is 0 Å². The van der Waals surface area contributed by atoms with Gasteiger partial charge in [0.05, 0.1) is 0 Å². The molecule has 0 radical (unpaired) electrons. The Hall–Kier alpha value is -0.670. The van der Waals surface area contributed by atoms with Crippen LogP contribution >= 0.6 is 8.81 Å². The lowest BCUT2D eigenvalue weighted by Crippen LogP contribution is -2.32. The van der Waals surface area contributed by atoms with Crippen molar-refractivity contribution in [1.82, 2.24) is 0 Å². The third kappa shape index (κ3) is 7.60. The lowest BCUT2D eigenvalue weighted by Gasteiger charge is -2.23. The van der Waals surface area contributed by atoms with Crippen molar-refractivity contribution in [2.24, 2.45) is 5.73 Å². The van der Waals surface area contributed by atoms with Crippen molar-refractivity contribution in [3.8, 4) is 0 Å². The zero-order chi connectivity index (χ0) is 12.8. The second kappa shape index (κ2) is 6.81. The van der Waals surface area contributed by atoms with E-state index in [9.17, 15) is 9.59 Å². The molecule has 0 aliphatic rings. The van der Waals surface area contributed by atoms with Gasteiger partial charge < -0.3 is 15.0 Å². The number of hydrogen-bond acceptors (Lipinski definition) is 4. The van der Waals surface area contributed by atoms with Crippen LogP contribution in [0.15, 0.2) is 0 Å². The van der Waals surface area contributed by atoms with Crippen molar-refractivity contribution in [2.75, 3.05) is 6.61 Å². The molecule has 0 heterocycles. The minimum absolute atomic E-state index is 0.0344. The number of ether oxygens (including phenoxy) is 1. The SMILES string of the molecule is CCOPC(CC(N)=O)C(=O)OC(C)(C)C. The summed E-state index contributed by atoms with van der Waals surface area (Å²) in [5.41, 5.74) is 3.92. The summed E-state index contributed by atoms with van der Waals surface area (Å²) in [6.45, 7) is 7.64. The molecule has 5 nitrogen and oxygen atoms in total. The molecule has 0 aromatic heterocycles. The van der Waals surface area contributed by atoms with Crippen LogP contribution in [0.25, 0.3) is 0 Å². The van der Waals surface area contributed by atoms with E-state index in [1.165, 1.54) is 0 Å². The molecule has 0 fully saturated rings. The second-order valence-corrected chi connectivity index (χ2v) is 5.53. The van der Waals surface area contributed by atoms with Gasteiger partial charge >= 0.3 is 5.97 Å². The molecule has 2 unspecified atom stereocenters. The highest BCUT2D eigenvalue weighted by molar-refractivity contribution is 7.34. The molecule has 16 heavy (non-hydrogen) atoms. The molecule has 0 aliphatic carbocycles. The zero-order valence-electron chi connectivity index (χ0n) is 10.2. The van der Waals surface area contributed by atoms with Gasteiger partial charge in [0.15, 0.2) is 0 Å². The van der Waals surface area contributed by atoms with E-state index in [0.717, 1.165) is 0 Å². The lowest BCUT2D eigenvalue weighted by molar-refractivity contribution is -0.155. The molecule has 6 heteroatoms. The maximum Gasteiger partial charge on any atom is 0.316 e. The standard InChI is InChI=1S/C10H20NO4P/c1-5-14-16-7(6-8(11)12)9(13)15-10(2,3)4/h7,16H,5-6H2,1-4H3,(H2,11,12). The summed E-state index contributed by atoms with van der Waals surface area (Å²) >= 11 is 0. The quantitative estimate of drug-likeness (QED) is 0.566. The molecule has 0 saturated carbocycles. The van der Waals surface area contributed by atoms with E-state index in [0.29, 0.717) is 6.61 Å². The Balaban J connectivity index is 4.37. The molecular formula is C10H20NO4P. The third-order valence-corrected chi connectivity index (χ3v) is 2.65. The fraction of sp³-hybridized carbons (Fsp3) is 0.800. The number of carbonyl (C=O) groups is 2. The van der Waals surface area contributed by atoms with E-state index in [1.807, 2.05) is 6.92 Å². The maximum absolute atomic E-state index is 11.7. The lowest BCUT2D eigenvalue weighted by atomic mass is 10.2. The highest BCUT2D eigenvalue weighted by Crippen LogP contribution is 2.26. The van der Waals surface area contributed by atoms with Crippen molar-refractivity contribution < 1.29 is 18.8 Å². The Morgan fingerprint density at radius 1 is 1.38 bits per heavy atom. The Morgan fingerprint density at radius 2 is 1.94 bits per heavy atom. The highest BCUT2D eigenvalue weighted by atomic mass is 31.1. The highest BCUT2D eigenvalue weighted by Gasteiger charge is 2.27. The number of primary amides is 1. The van der Waals surface area contributed by atoms with Gasteiger partial charge in [-0.25, -0.2) is 0 Å². The molecule has 0 saturated heterocycles. The van der Waals surface area contributed by atoms with E-state index in [4.69, 9.17) is 15.0 Å². The van der Waals surface area contributed by atoms with Gasteiger partial charge in [-0.3, -0.25) is 9.59 Å². The van der Waals surface area contributed by atoms with Crippen LogP contribution in [0.2, 0.25) is 0 Å². The summed E-state index contributed by atoms with van der Waals surface area (Å²) in [5, 5.41) is 0. The van der Waals surface area contributed by atoms with Gasteiger partial charge in [-0.15, -0.1) is 0 Å². The molecule has 0 aromatic rings. The first kappa shape index (κ1) is 15.3. The van der Waals surface area contributed by atoms with Crippen LogP contribution in [0.1, 0.15) is 34.1 Å². The van der Waals surface area contributed by atoms with Crippen molar-refractivity contribution in [3.63, 3.8) is 0 Å². The average Bonchev–Trinajstić information content (AvgIpc) is 2.08.